The van der Waals surface area contributed by atoms with Gasteiger partial charge in [-0.05, 0) is 13.8 Å². The Morgan fingerprint density at radius 3 is 2.93 bits per heavy atom. The molecule has 1 fully saturated rings. The molecule has 1 aliphatic carbocycles. The van der Waals surface area contributed by atoms with Gasteiger partial charge in [0, 0.05) is 0 Å². The third kappa shape index (κ3) is 1.69. The minimum Gasteiger partial charge on any atom is -0.359 e. The number of fused-ring (bicyclic) bond motifs is 1. The van der Waals surface area contributed by atoms with Gasteiger partial charge < -0.3 is 14.2 Å². The highest BCUT2D eigenvalue weighted by Crippen LogP contribution is 2.35. The molecule has 0 aromatic carbocycles. The third-order valence-corrected chi connectivity index (χ3v) is 2.34. The Bertz CT molecular complexity index is 287. The normalized spacial score (nSPS) is 38.2. The first-order valence-corrected chi connectivity index (χ1v) is 4.71. The van der Waals surface area contributed by atoms with Gasteiger partial charge >= 0.3 is 0 Å². The van der Waals surface area contributed by atoms with Gasteiger partial charge in [0.25, 0.3) is 0 Å². The van der Waals surface area contributed by atoms with Crippen molar-refractivity contribution >= 4 is 0 Å². The Hall–Kier alpha value is -0.820. The van der Waals surface area contributed by atoms with Crippen molar-refractivity contribution in [3.63, 3.8) is 0 Å². The van der Waals surface area contributed by atoms with Crippen LogP contribution in [0.25, 0.3) is 0 Å². The summed E-state index contributed by atoms with van der Waals surface area (Å²) >= 11 is 0. The number of ether oxygens (including phenoxy) is 3. The van der Waals surface area contributed by atoms with Crippen LogP contribution >= 0.6 is 0 Å². The largest absolute Gasteiger partial charge is 0.359 e. The molecule has 1 heterocycles. The standard InChI is InChI=1S/C11H14O3/c1-4-7-12-8-5-6-9-10(8)14-11(2,3)13-9/h1,5-6,8-10H,7H2,2-3H3/t8-,9-,10+/m0/s1. The Kier molecular flexibility index (Phi) is 2.36. The van der Waals surface area contributed by atoms with Crippen LogP contribution in [-0.4, -0.2) is 30.7 Å². The SMILES string of the molecule is C#CCO[C@H]1C=C[C@@H]2OC(C)(C)O[C@H]12. The maximum atomic E-state index is 5.70. The maximum Gasteiger partial charge on any atom is 0.164 e. The van der Waals surface area contributed by atoms with Crippen molar-refractivity contribution in [1.29, 1.82) is 0 Å². The van der Waals surface area contributed by atoms with Crippen LogP contribution < -0.4 is 0 Å². The van der Waals surface area contributed by atoms with Crippen molar-refractivity contribution < 1.29 is 14.2 Å². The molecule has 0 N–H and O–H groups in total. The van der Waals surface area contributed by atoms with E-state index in [4.69, 9.17) is 20.6 Å². The lowest BCUT2D eigenvalue weighted by atomic mass is 10.2. The van der Waals surface area contributed by atoms with Gasteiger partial charge in [0.2, 0.25) is 0 Å². The quantitative estimate of drug-likeness (QED) is 0.486. The number of rotatable bonds is 2. The van der Waals surface area contributed by atoms with Crippen molar-refractivity contribution in [3.05, 3.63) is 12.2 Å². The van der Waals surface area contributed by atoms with Crippen LogP contribution in [0.2, 0.25) is 0 Å². The molecular weight excluding hydrogens is 180 g/mol. The van der Waals surface area contributed by atoms with Crippen LogP contribution in [0.15, 0.2) is 12.2 Å². The summed E-state index contributed by atoms with van der Waals surface area (Å²) in [6.45, 7) is 4.11. The van der Waals surface area contributed by atoms with E-state index in [0.29, 0.717) is 6.61 Å². The highest BCUT2D eigenvalue weighted by molar-refractivity contribution is 5.14. The van der Waals surface area contributed by atoms with Crippen molar-refractivity contribution in [1.82, 2.24) is 0 Å². The summed E-state index contributed by atoms with van der Waals surface area (Å²) in [7, 11) is 0. The Labute approximate surface area is 84.0 Å². The highest BCUT2D eigenvalue weighted by Gasteiger charge is 2.46. The number of hydrogen-bond acceptors (Lipinski definition) is 3. The molecule has 3 heteroatoms. The highest BCUT2D eigenvalue weighted by atomic mass is 16.8. The molecule has 3 nitrogen and oxygen atoms in total. The van der Waals surface area contributed by atoms with Gasteiger partial charge in [-0.15, -0.1) is 6.42 Å². The van der Waals surface area contributed by atoms with E-state index in [1.54, 1.807) is 0 Å². The van der Waals surface area contributed by atoms with E-state index >= 15 is 0 Å². The summed E-state index contributed by atoms with van der Waals surface area (Å²) in [4.78, 5) is 0. The molecule has 2 rings (SSSR count). The smallest absolute Gasteiger partial charge is 0.164 e. The molecule has 2 aliphatic rings. The van der Waals surface area contributed by atoms with Gasteiger partial charge in [0.15, 0.2) is 5.79 Å². The van der Waals surface area contributed by atoms with E-state index in [2.05, 4.69) is 5.92 Å². The van der Waals surface area contributed by atoms with Crippen molar-refractivity contribution in [2.24, 2.45) is 0 Å². The molecule has 0 bridgehead atoms. The zero-order chi connectivity index (χ0) is 10.2. The van der Waals surface area contributed by atoms with Crippen molar-refractivity contribution in [2.75, 3.05) is 6.61 Å². The van der Waals surface area contributed by atoms with Gasteiger partial charge in [0.1, 0.15) is 24.9 Å². The van der Waals surface area contributed by atoms with Crippen LogP contribution in [0.1, 0.15) is 13.8 Å². The molecule has 0 spiro atoms. The Morgan fingerprint density at radius 1 is 1.43 bits per heavy atom. The lowest BCUT2D eigenvalue weighted by Gasteiger charge is -2.20. The zero-order valence-corrected chi connectivity index (χ0v) is 8.40. The molecule has 76 valence electrons. The molecule has 3 atom stereocenters. The predicted octanol–water partition coefficient (Wildman–Crippen LogP) is 1.09. The molecule has 0 amide bonds. The van der Waals surface area contributed by atoms with Crippen LogP contribution in [0.5, 0.6) is 0 Å². The predicted molar refractivity (Wildman–Crippen MR) is 51.5 cm³/mol. The Balaban J connectivity index is 1.99. The minimum absolute atomic E-state index is 0.00720. The molecule has 1 aliphatic heterocycles. The first-order valence-electron chi connectivity index (χ1n) is 4.71. The lowest BCUT2D eigenvalue weighted by Crippen LogP contribution is -2.31. The third-order valence-electron chi connectivity index (χ3n) is 2.34. The number of terminal acetylenes is 1. The summed E-state index contributed by atoms with van der Waals surface area (Å²) in [6, 6.07) is 0. The average Bonchev–Trinajstić information content (AvgIpc) is 2.57. The second kappa shape index (κ2) is 3.39. The lowest BCUT2D eigenvalue weighted by molar-refractivity contribution is -0.154. The minimum atomic E-state index is -0.516. The van der Waals surface area contributed by atoms with Crippen molar-refractivity contribution in [2.45, 2.75) is 37.9 Å². The fraction of sp³-hybridized carbons (Fsp3) is 0.636. The van der Waals surface area contributed by atoms with Crippen molar-refractivity contribution in [3.8, 4) is 12.3 Å². The fourth-order valence-corrected chi connectivity index (χ4v) is 1.84. The van der Waals surface area contributed by atoms with E-state index < -0.39 is 5.79 Å². The average molecular weight is 194 g/mol. The Morgan fingerprint density at radius 2 is 2.21 bits per heavy atom. The fourth-order valence-electron chi connectivity index (χ4n) is 1.84. The van der Waals surface area contributed by atoms with Gasteiger partial charge in [-0.25, -0.2) is 0 Å². The van der Waals surface area contributed by atoms with Gasteiger partial charge in [-0.1, -0.05) is 18.1 Å². The summed E-state index contributed by atoms with van der Waals surface area (Å²) in [5.74, 6) is 1.93. The van der Waals surface area contributed by atoms with Crippen LogP contribution in [-0.2, 0) is 14.2 Å². The van der Waals surface area contributed by atoms with E-state index in [-0.39, 0.29) is 18.3 Å². The maximum absolute atomic E-state index is 5.70. The van der Waals surface area contributed by atoms with Gasteiger partial charge in [0.05, 0.1) is 0 Å². The molecular formula is C11H14O3. The van der Waals surface area contributed by atoms with E-state index in [1.807, 2.05) is 26.0 Å². The summed E-state index contributed by atoms with van der Waals surface area (Å²) < 4.78 is 16.8. The van der Waals surface area contributed by atoms with E-state index in [1.165, 1.54) is 0 Å². The molecule has 0 aromatic rings. The van der Waals surface area contributed by atoms with E-state index in [0.717, 1.165) is 0 Å². The first kappa shape index (κ1) is 9.72. The summed E-state index contributed by atoms with van der Waals surface area (Å²) in [6.07, 6.45) is 8.94. The molecule has 0 radical (unpaired) electrons. The van der Waals surface area contributed by atoms with Crippen LogP contribution in [0.3, 0.4) is 0 Å². The molecule has 1 saturated heterocycles. The molecule has 0 aromatic heterocycles. The van der Waals surface area contributed by atoms with Gasteiger partial charge in [-0.2, -0.15) is 0 Å². The topological polar surface area (TPSA) is 27.7 Å². The second-order valence-electron chi connectivity index (χ2n) is 3.93. The first-order chi connectivity index (χ1) is 6.62. The van der Waals surface area contributed by atoms with E-state index in [9.17, 15) is 0 Å². The summed E-state index contributed by atoms with van der Waals surface area (Å²) in [5, 5.41) is 0. The molecule has 0 saturated carbocycles. The van der Waals surface area contributed by atoms with Crippen LogP contribution in [0, 0.1) is 12.3 Å². The zero-order valence-electron chi connectivity index (χ0n) is 8.40. The summed E-state index contributed by atoms with van der Waals surface area (Å²) in [5.41, 5.74) is 0. The molecule has 14 heavy (non-hydrogen) atoms. The second-order valence-corrected chi connectivity index (χ2v) is 3.93. The monoisotopic (exact) mass is 194 g/mol. The molecule has 0 unspecified atom stereocenters. The number of hydrogen-bond donors (Lipinski definition) is 0. The van der Waals surface area contributed by atoms with Gasteiger partial charge in [-0.3, -0.25) is 0 Å². The van der Waals surface area contributed by atoms with Crippen LogP contribution in [0.4, 0.5) is 0 Å².